The Bertz CT molecular complexity index is 1630. The highest BCUT2D eigenvalue weighted by Crippen LogP contribution is 2.30. The van der Waals surface area contributed by atoms with Gasteiger partial charge in [0.25, 0.3) is 5.91 Å². The maximum atomic E-state index is 13.7. The predicted octanol–water partition coefficient (Wildman–Crippen LogP) is 2.33. The summed E-state index contributed by atoms with van der Waals surface area (Å²) >= 11 is 0. The number of sulfone groups is 1. The Morgan fingerprint density at radius 3 is 2.51 bits per heavy atom. The van der Waals surface area contributed by atoms with Crippen molar-refractivity contribution in [3.8, 4) is 16.9 Å². The monoisotopic (exact) mass is 634 g/mol. The van der Waals surface area contributed by atoms with Crippen LogP contribution in [-0.2, 0) is 25.9 Å². The number of hydrogen-bond acceptors (Lipinski definition) is 9. The van der Waals surface area contributed by atoms with Crippen LogP contribution in [0.5, 0.6) is 5.75 Å². The van der Waals surface area contributed by atoms with Crippen LogP contribution in [0.4, 0.5) is 0 Å². The summed E-state index contributed by atoms with van der Waals surface area (Å²) in [7, 11) is -3.33. The van der Waals surface area contributed by atoms with Crippen LogP contribution < -0.4 is 15.4 Å². The Morgan fingerprint density at radius 1 is 1.00 bits per heavy atom. The van der Waals surface area contributed by atoms with E-state index in [2.05, 4.69) is 20.5 Å². The average Bonchev–Trinajstić information content (AvgIpc) is 3.42. The van der Waals surface area contributed by atoms with E-state index >= 15 is 0 Å². The molecule has 3 aromatic rings. The molecule has 1 aromatic heterocycles. The molecule has 0 aliphatic carbocycles. The number of amides is 2. The second-order valence-corrected chi connectivity index (χ2v) is 14.1. The molecule has 3 aliphatic heterocycles. The normalized spacial score (nSPS) is 26.3. The maximum absolute atomic E-state index is 13.7. The summed E-state index contributed by atoms with van der Waals surface area (Å²) in [5, 5.41) is 16.8. The van der Waals surface area contributed by atoms with Crippen LogP contribution in [0, 0.1) is 0 Å². The van der Waals surface area contributed by atoms with E-state index in [1.165, 1.54) is 6.26 Å². The quantitative estimate of drug-likeness (QED) is 0.394. The van der Waals surface area contributed by atoms with Crippen molar-refractivity contribution in [2.75, 3.05) is 26.0 Å². The predicted molar refractivity (Wildman–Crippen MR) is 166 cm³/mol. The number of aliphatic hydroxyl groups is 1. The number of rotatable bonds is 4. The minimum Gasteiger partial charge on any atom is -0.493 e. The number of aliphatic hydroxyl groups excluding tert-OH is 1. The topological polar surface area (TPSA) is 147 Å². The molecule has 238 valence electrons. The SMILES string of the molecule is CS(=O)(=O)c1ccc(-c2ccc3c(c2)OCC[C@@H]2CC[C@H](O)[C@@H](CNC(=O)[C@@H]4C[C@@H](CN4Cc4ccncc4)NC3=O)O2)cc1. The molecule has 0 saturated carbocycles. The number of nitrogens with zero attached hydrogens (tertiary/aromatic N) is 2. The van der Waals surface area contributed by atoms with E-state index in [1.807, 2.05) is 18.2 Å². The summed E-state index contributed by atoms with van der Waals surface area (Å²) < 4.78 is 36.3. The van der Waals surface area contributed by atoms with E-state index in [1.54, 1.807) is 48.8 Å². The number of hydrogen-bond donors (Lipinski definition) is 3. The number of carbonyl (C=O) groups excluding carboxylic acids is 2. The number of benzene rings is 2. The van der Waals surface area contributed by atoms with Gasteiger partial charge in [-0.1, -0.05) is 18.2 Å². The fraction of sp³-hybridized carbons (Fsp3) is 0.424. The molecule has 2 aromatic carbocycles. The third kappa shape index (κ3) is 7.36. The Balaban J connectivity index is 1.29. The highest BCUT2D eigenvalue weighted by Gasteiger charge is 2.39. The fourth-order valence-corrected chi connectivity index (χ4v) is 6.94. The molecule has 5 atom stereocenters. The molecule has 11 nitrogen and oxygen atoms in total. The number of nitrogens with one attached hydrogen (secondary N) is 2. The van der Waals surface area contributed by atoms with Crippen LogP contribution in [-0.4, -0.2) is 91.6 Å². The average molecular weight is 635 g/mol. The first-order valence-corrected chi connectivity index (χ1v) is 17.2. The number of ether oxygens (including phenoxy) is 2. The molecule has 2 saturated heterocycles. The molecule has 4 heterocycles. The minimum atomic E-state index is -3.33. The second-order valence-electron chi connectivity index (χ2n) is 12.0. The van der Waals surface area contributed by atoms with Gasteiger partial charge in [0.05, 0.1) is 35.3 Å². The Kier molecular flexibility index (Phi) is 9.18. The van der Waals surface area contributed by atoms with Crippen LogP contribution in [0.1, 0.15) is 41.6 Å². The minimum absolute atomic E-state index is 0.166. The van der Waals surface area contributed by atoms with Gasteiger partial charge in [-0.3, -0.25) is 19.5 Å². The van der Waals surface area contributed by atoms with Gasteiger partial charge in [0.2, 0.25) is 5.91 Å². The van der Waals surface area contributed by atoms with Crippen molar-refractivity contribution in [1.82, 2.24) is 20.5 Å². The summed E-state index contributed by atoms with van der Waals surface area (Å²) in [4.78, 5) is 33.6. The van der Waals surface area contributed by atoms with Crippen molar-refractivity contribution in [3.05, 3.63) is 78.1 Å². The van der Waals surface area contributed by atoms with Gasteiger partial charge < -0.3 is 25.2 Å². The Hall–Kier alpha value is -3.84. The van der Waals surface area contributed by atoms with Gasteiger partial charge in [-0.25, -0.2) is 8.42 Å². The molecular weight excluding hydrogens is 596 g/mol. The molecule has 0 unspecified atom stereocenters. The summed E-state index contributed by atoms with van der Waals surface area (Å²) in [5.74, 6) is -0.0678. The fourth-order valence-electron chi connectivity index (χ4n) is 6.31. The standard InChI is InChI=1S/C33H38N4O7S/c1-45(41,42)26-6-2-22(3-7-26)23-4-8-27-30(16-23)43-15-12-25-5-9-29(38)31(44-25)18-35-33(40)28-17-24(36-32(27)39)20-37(28)19-21-10-13-34-14-11-21/h2-4,6-8,10-11,13-14,16,24-25,28-29,31,38H,5,9,12,15,17-20H2,1H3,(H,35,40)(H,36,39)/t24-,25-,28-,29-,31+/m0/s1. The molecule has 45 heavy (non-hydrogen) atoms. The summed E-state index contributed by atoms with van der Waals surface area (Å²) in [6.07, 6.45) is 5.37. The van der Waals surface area contributed by atoms with Crippen molar-refractivity contribution >= 4 is 21.7 Å². The zero-order valence-electron chi connectivity index (χ0n) is 25.1. The second kappa shape index (κ2) is 13.3. The van der Waals surface area contributed by atoms with Crippen molar-refractivity contribution in [3.63, 3.8) is 0 Å². The summed E-state index contributed by atoms with van der Waals surface area (Å²) in [5.41, 5.74) is 2.93. The zero-order valence-corrected chi connectivity index (χ0v) is 25.9. The Labute approximate surface area is 262 Å². The largest absolute Gasteiger partial charge is 0.493 e. The third-order valence-corrected chi connectivity index (χ3v) is 9.90. The molecule has 2 fully saturated rings. The lowest BCUT2D eigenvalue weighted by Gasteiger charge is -2.34. The Morgan fingerprint density at radius 2 is 1.76 bits per heavy atom. The number of carbonyl (C=O) groups is 2. The maximum Gasteiger partial charge on any atom is 0.255 e. The lowest BCUT2D eigenvalue weighted by Crippen LogP contribution is -2.50. The van der Waals surface area contributed by atoms with Gasteiger partial charge in [0, 0.05) is 50.7 Å². The summed E-state index contributed by atoms with van der Waals surface area (Å²) in [6.45, 7) is 1.45. The van der Waals surface area contributed by atoms with Gasteiger partial charge >= 0.3 is 0 Å². The summed E-state index contributed by atoms with van der Waals surface area (Å²) in [6, 6.07) is 14.9. The number of fused-ring (bicyclic) bond motifs is 5. The highest BCUT2D eigenvalue weighted by molar-refractivity contribution is 7.90. The number of pyridine rings is 1. The van der Waals surface area contributed by atoms with Gasteiger partial charge in [-0.05, 0) is 72.4 Å². The third-order valence-electron chi connectivity index (χ3n) is 8.77. The first-order valence-electron chi connectivity index (χ1n) is 15.3. The van der Waals surface area contributed by atoms with Crippen LogP contribution in [0.25, 0.3) is 11.1 Å². The van der Waals surface area contributed by atoms with Crippen molar-refractivity contribution in [2.45, 2.75) is 67.5 Å². The van der Waals surface area contributed by atoms with E-state index in [0.29, 0.717) is 50.1 Å². The first kappa shape index (κ1) is 31.2. The van der Waals surface area contributed by atoms with Gasteiger partial charge in [-0.2, -0.15) is 0 Å². The number of aromatic nitrogens is 1. The molecule has 6 rings (SSSR count). The molecule has 4 bridgehead atoms. The van der Waals surface area contributed by atoms with E-state index in [0.717, 1.165) is 16.7 Å². The molecule has 3 N–H and O–H groups in total. The van der Waals surface area contributed by atoms with Crippen molar-refractivity contribution in [1.29, 1.82) is 0 Å². The number of likely N-dealkylation sites (tertiary alicyclic amines) is 1. The van der Waals surface area contributed by atoms with Crippen molar-refractivity contribution in [2.24, 2.45) is 0 Å². The smallest absolute Gasteiger partial charge is 0.255 e. The van der Waals surface area contributed by atoms with E-state index < -0.39 is 28.1 Å². The lowest BCUT2D eigenvalue weighted by molar-refractivity contribution is -0.133. The first-order chi connectivity index (χ1) is 21.6. The van der Waals surface area contributed by atoms with E-state index in [9.17, 15) is 23.1 Å². The van der Waals surface area contributed by atoms with Crippen LogP contribution in [0.3, 0.4) is 0 Å². The van der Waals surface area contributed by atoms with Gasteiger partial charge in [-0.15, -0.1) is 0 Å². The van der Waals surface area contributed by atoms with Crippen LogP contribution in [0.2, 0.25) is 0 Å². The molecule has 0 spiro atoms. The molecular formula is C33H38N4O7S. The van der Waals surface area contributed by atoms with Crippen LogP contribution in [0.15, 0.2) is 71.9 Å². The van der Waals surface area contributed by atoms with Crippen LogP contribution >= 0.6 is 0 Å². The van der Waals surface area contributed by atoms with Gasteiger partial charge in [0.1, 0.15) is 11.9 Å². The highest BCUT2D eigenvalue weighted by atomic mass is 32.2. The van der Waals surface area contributed by atoms with Gasteiger partial charge in [0.15, 0.2) is 9.84 Å². The van der Waals surface area contributed by atoms with E-state index in [4.69, 9.17) is 9.47 Å². The molecule has 3 aliphatic rings. The molecule has 2 amide bonds. The zero-order chi connectivity index (χ0) is 31.6. The van der Waals surface area contributed by atoms with E-state index in [-0.39, 0.29) is 42.0 Å². The van der Waals surface area contributed by atoms with Crippen molar-refractivity contribution < 1.29 is 32.6 Å². The molecule has 0 radical (unpaired) electrons. The lowest BCUT2D eigenvalue weighted by atomic mass is 9.99. The molecule has 12 heteroatoms.